The third kappa shape index (κ3) is 14.7. The van der Waals surface area contributed by atoms with E-state index in [1.807, 2.05) is 0 Å². The largest absolute Gasteiger partial charge is 0.355 e. The summed E-state index contributed by atoms with van der Waals surface area (Å²) in [5.74, 6) is 0. The van der Waals surface area contributed by atoms with E-state index >= 15 is 0 Å². The monoisotopic (exact) mass is 1840 g/mol. The number of aromatic amines is 8. The van der Waals surface area contributed by atoms with Crippen LogP contribution in [-0.2, 0) is 0 Å². The molecule has 0 unspecified atom stereocenters. The highest BCUT2D eigenvalue weighted by Gasteiger charge is 2.27. The van der Waals surface area contributed by atoms with Gasteiger partial charge in [0.05, 0.1) is 79.7 Å². The van der Waals surface area contributed by atoms with E-state index in [2.05, 4.69) is 495 Å². The minimum absolute atomic E-state index is 0.786. The summed E-state index contributed by atoms with van der Waals surface area (Å²) in [7, 11) is 0. The maximum absolute atomic E-state index is 5.84. The van der Waals surface area contributed by atoms with E-state index < -0.39 is 0 Å². The van der Waals surface area contributed by atoms with Gasteiger partial charge in [-0.3, -0.25) is 0 Å². The van der Waals surface area contributed by atoms with Gasteiger partial charge < -0.3 is 39.9 Å². The lowest BCUT2D eigenvalue weighted by molar-refractivity contribution is 1.31. The molecule has 28 rings (SSSR count). The SMILES string of the molecule is C1=Cc2nc1cc1ccc([nH]1)c(-c1ccccc1)c1nc(c(-c3ccc(-c4c5nc(c(-c6ccc(-c7c8nc(c(-c9ccccc9)c9ccc(cc%10nc(c(-c%11ccccc%11)c%11ccc7[nH]%11)C=C%10)[nH]9)C=C8)cc6)c6ccc([nH]6)c(-c6ccc(-c7c8nc(c(-c9ccccc9)c9ccc(cc%10nc(c(-c%11ccccc%11)c%11ccc7[nH]%11)C=C%10)[nH]9)C=C8)cc6)c6ccc4[nH]6)C=C5)cc3)c3ccc([nH]3)c2-c2ccccc2)C=C1. The van der Waals surface area contributed by atoms with E-state index in [1.54, 1.807) is 0 Å². The van der Waals surface area contributed by atoms with E-state index in [4.69, 9.17) is 34.9 Å². The first kappa shape index (κ1) is 82.5. The molecule has 0 spiro atoms. The van der Waals surface area contributed by atoms with Gasteiger partial charge in [-0.05, 0) is 267 Å². The first-order chi connectivity index (χ1) is 71.2. The summed E-state index contributed by atoms with van der Waals surface area (Å²) < 4.78 is 0. The van der Waals surface area contributed by atoms with Gasteiger partial charge in [-0.15, -0.1) is 0 Å². The van der Waals surface area contributed by atoms with Crippen LogP contribution < -0.4 is 0 Å². The molecule has 12 aromatic heterocycles. The van der Waals surface area contributed by atoms with Crippen molar-refractivity contribution in [3.05, 3.63) is 450 Å². The summed E-state index contributed by atoms with van der Waals surface area (Å²) in [5.41, 5.74) is 49.8. The second-order valence-corrected chi connectivity index (χ2v) is 36.9. The van der Waals surface area contributed by atoms with Gasteiger partial charge in [0.1, 0.15) is 0 Å². The number of nitrogens with one attached hydrogen (secondary N) is 8. The standard InChI is InChI=1S/C129H83N15/c1-7-19-76(20-8-1)118-94-49-43-88(130-94)73-89-44-50-95(131-89)119(77-21-9-2-10-22-77)101-56-62-107(137-101)124(106-61-55-100(118)136-106)82-31-37-85(38-32-82)127-112-67-69-114(142-112)128(86-39-33-83(34-40-86)125-108-63-57-102(138-108)120(78-23-11-3-12-24-78)96-51-45-90(132-96)74-91-46-52-97(133-91)121(79-25-13-4-14-26-79)103-58-64-109(125)139-103)116-71-72-117(144-116)129(115-70-68-113(127)143-115)87-41-35-84(36-42-87)126-110-65-59-104(140-110)122(80-27-15-5-16-28-80)98-53-47-92(134-98)75-93-48-54-99(135-93)123(81-29-17-6-18-30-81)105-60-66-111(126)141-105/h1-75,130,132,134,137,139,141-143H. The van der Waals surface area contributed by atoms with Crippen LogP contribution in [0.4, 0.5) is 0 Å². The summed E-state index contributed by atoms with van der Waals surface area (Å²) in [6.07, 6.45) is 29.9. The molecule has 19 heterocycles. The molecule has 0 saturated heterocycles. The maximum Gasteiger partial charge on any atom is 0.0737 e. The molecular weight excluding hydrogens is 1760 g/mol. The second-order valence-electron chi connectivity index (χ2n) is 36.9. The molecule has 8 N–H and O–H groups in total. The van der Waals surface area contributed by atoms with Crippen LogP contribution in [0.25, 0.3) is 307 Å². The number of fused-ring (bicyclic) bond motifs is 30. The van der Waals surface area contributed by atoms with E-state index in [-0.39, 0.29) is 0 Å². The van der Waals surface area contributed by atoms with Crippen LogP contribution in [0.15, 0.2) is 370 Å². The molecular formula is C129H83N15. The summed E-state index contributed by atoms with van der Waals surface area (Å²) in [6, 6.07) is 131. The molecule has 30 bridgehead atoms. The van der Waals surface area contributed by atoms with Crippen molar-refractivity contribution in [3.63, 3.8) is 0 Å². The Morgan fingerprint density at radius 1 is 0.111 bits per heavy atom. The van der Waals surface area contributed by atoms with E-state index in [1.165, 1.54) is 0 Å². The molecule has 0 radical (unpaired) electrons. The molecule has 9 aromatic carbocycles. The predicted octanol–water partition coefficient (Wildman–Crippen LogP) is 32.6. The van der Waals surface area contributed by atoms with Crippen LogP contribution in [0.3, 0.4) is 0 Å². The van der Waals surface area contributed by atoms with Crippen molar-refractivity contribution in [2.75, 3.05) is 0 Å². The third-order valence-electron chi connectivity index (χ3n) is 28.1. The Balaban J connectivity index is 0.653. The zero-order valence-electron chi connectivity index (χ0n) is 77.4. The molecule has 674 valence electrons. The van der Waals surface area contributed by atoms with Crippen LogP contribution in [0.5, 0.6) is 0 Å². The average molecular weight is 1840 g/mol. The Morgan fingerprint density at radius 3 is 0.438 bits per heavy atom. The highest BCUT2D eigenvalue weighted by atomic mass is 14.8. The number of aromatic nitrogens is 15. The second kappa shape index (κ2) is 34.1. The Hall–Kier alpha value is -19.8. The van der Waals surface area contributed by atoms with E-state index in [0.29, 0.717) is 0 Å². The lowest BCUT2D eigenvalue weighted by atomic mass is 9.98. The lowest BCUT2D eigenvalue weighted by Crippen LogP contribution is -1.91. The first-order valence-corrected chi connectivity index (χ1v) is 48.5. The number of hydrogen-bond acceptors (Lipinski definition) is 7. The van der Waals surface area contributed by atoms with E-state index in [9.17, 15) is 0 Å². The normalized spacial score (nSPS) is 12.5. The minimum Gasteiger partial charge on any atom is -0.355 e. The Kier molecular flexibility index (Phi) is 19.6. The lowest BCUT2D eigenvalue weighted by Gasteiger charge is -2.10. The van der Waals surface area contributed by atoms with Gasteiger partial charge in [0.25, 0.3) is 0 Å². The molecule has 7 aliphatic rings. The topological polar surface area (TPSA) is 217 Å². The van der Waals surface area contributed by atoms with Crippen molar-refractivity contribution >= 4 is 173 Å². The van der Waals surface area contributed by atoms with Crippen LogP contribution >= 0.6 is 0 Å². The van der Waals surface area contributed by atoms with Crippen LogP contribution in [-0.4, -0.2) is 74.8 Å². The zero-order valence-corrected chi connectivity index (χ0v) is 77.4. The zero-order chi connectivity index (χ0) is 94.8. The number of hydrogen-bond donors (Lipinski definition) is 8. The average Bonchev–Trinajstić information content (AvgIpc) is 1.61. The quantitative estimate of drug-likeness (QED) is 0.0591. The molecule has 0 fully saturated rings. The Morgan fingerprint density at radius 2 is 0.250 bits per heavy atom. The first-order valence-electron chi connectivity index (χ1n) is 48.5. The number of rotatable bonds is 12. The van der Waals surface area contributed by atoms with Crippen molar-refractivity contribution < 1.29 is 0 Å². The van der Waals surface area contributed by atoms with Crippen molar-refractivity contribution in [2.45, 2.75) is 0 Å². The number of nitrogens with zero attached hydrogens (tertiary/aromatic N) is 7. The summed E-state index contributed by atoms with van der Waals surface area (Å²) in [6.45, 7) is 0. The minimum atomic E-state index is 0.786. The molecule has 15 nitrogen and oxygen atoms in total. The number of H-pyrrole nitrogens is 8. The highest BCUT2D eigenvalue weighted by Crippen LogP contribution is 2.47. The van der Waals surface area contributed by atoms with Gasteiger partial charge >= 0.3 is 0 Å². The molecule has 0 amide bonds. The van der Waals surface area contributed by atoms with Gasteiger partial charge in [0.15, 0.2) is 0 Å². The fourth-order valence-corrected chi connectivity index (χ4v) is 21.5. The van der Waals surface area contributed by atoms with Crippen LogP contribution in [0.2, 0.25) is 0 Å². The molecule has 15 heteroatoms. The number of benzene rings is 9. The smallest absolute Gasteiger partial charge is 0.0737 e. The molecule has 0 aliphatic carbocycles. The van der Waals surface area contributed by atoms with E-state index in [0.717, 1.165) is 302 Å². The molecule has 7 aliphatic heterocycles. The van der Waals surface area contributed by atoms with Gasteiger partial charge in [-0.2, -0.15) is 0 Å². The Labute approximate surface area is 825 Å². The maximum atomic E-state index is 5.84. The van der Waals surface area contributed by atoms with Gasteiger partial charge in [-0.25, -0.2) is 34.9 Å². The van der Waals surface area contributed by atoms with Gasteiger partial charge in [-0.1, -0.05) is 255 Å². The van der Waals surface area contributed by atoms with Crippen molar-refractivity contribution in [1.29, 1.82) is 0 Å². The van der Waals surface area contributed by atoms with Crippen LogP contribution in [0, 0.1) is 0 Å². The third-order valence-corrected chi connectivity index (χ3v) is 28.1. The fourth-order valence-electron chi connectivity index (χ4n) is 21.5. The van der Waals surface area contributed by atoms with Gasteiger partial charge in [0, 0.05) is 155 Å². The van der Waals surface area contributed by atoms with Crippen molar-refractivity contribution in [1.82, 2.24) is 74.8 Å². The van der Waals surface area contributed by atoms with Crippen molar-refractivity contribution in [3.8, 4) is 134 Å². The summed E-state index contributed by atoms with van der Waals surface area (Å²) in [4.78, 5) is 70.1. The van der Waals surface area contributed by atoms with Crippen molar-refractivity contribution in [2.24, 2.45) is 0 Å². The fraction of sp³-hybridized carbons (Fsp3) is 0. The van der Waals surface area contributed by atoms with Crippen LogP contribution in [0.1, 0.15) is 79.7 Å². The summed E-state index contributed by atoms with van der Waals surface area (Å²) >= 11 is 0. The molecule has 21 aromatic rings. The molecule has 144 heavy (non-hydrogen) atoms. The molecule has 0 saturated carbocycles. The molecule has 0 atom stereocenters. The predicted molar refractivity (Wildman–Crippen MR) is 597 cm³/mol. The summed E-state index contributed by atoms with van der Waals surface area (Å²) in [5, 5.41) is 0. The highest BCUT2D eigenvalue weighted by molar-refractivity contribution is 6.07. The van der Waals surface area contributed by atoms with Gasteiger partial charge in [0.2, 0.25) is 0 Å². The Bertz CT molecular complexity index is 9310.